The molecule has 0 spiro atoms. The highest BCUT2D eigenvalue weighted by molar-refractivity contribution is 7.89. The summed E-state index contributed by atoms with van der Waals surface area (Å²) in [5, 5.41) is 19.6. The topological polar surface area (TPSA) is 115 Å². The number of primary sulfonamides is 1. The summed E-state index contributed by atoms with van der Waals surface area (Å²) in [6, 6.07) is 10.8. The molecular formula is C14H14ClN3O4S. The lowest BCUT2D eigenvalue weighted by atomic mass is 10.1. The van der Waals surface area contributed by atoms with Crippen molar-refractivity contribution in [2.45, 2.75) is 11.3 Å². The lowest BCUT2D eigenvalue weighted by Crippen LogP contribution is -2.13. The summed E-state index contributed by atoms with van der Waals surface area (Å²) in [4.78, 5) is 10.1. The fraction of sp³-hybridized carbons (Fsp3) is 0.143. The van der Waals surface area contributed by atoms with Gasteiger partial charge in [-0.25, -0.2) is 13.6 Å². The van der Waals surface area contributed by atoms with Gasteiger partial charge in [0, 0.05) is 17.6 Å². The van der Waals surface area contributed by atoms with E-state index in [2.05, 4.69) is 5.32 Å². The molecule has 0 fully saturated rings. The van der Waals surface area contributed by atoms with Gasteiger partial charge in [-0.2, -0.15) is 0 Å². The van der Waals surface area contributed by atoms with E-state index in [1.165, 1.54) is 12.1 Å². The highest BCUT2D eigenvalue weighted by Crippen LogP contribution is 2.27. The zero-order valence-corrected chi connectivity index (χ0v) is 13.5. The average Bonchev–Trinajstić information content (AvgIpc) is 2.48. The van der Waals surface area contributed by atoms with Crippen LogP contribution in [0.3, 0.4) is 0 Å². The summed E-state index contributed by atoms with van der Waals surface area (Å²) in [5.41, 5.74) is 0.912. The first-order valence-corrected chi connectivity index (χ1v) is 8.49. The van der Waals surface area contributed by atoms with Gasteiger partial charge in [-0.1, -0.05) is 23.7 Å². The quantitative estimate of drug-likeness (QED) is 0.610. The first kappa shape index (κ1) is 17.2. The predicted molar refractivity (Wildman–Crippen MR) is 88.1 cm³/mol. The van der Waals surface area contributed by atoms with E-state index in [9.17, 15) is 18.5 Å². The number of nitrogens with zero attached hydrogens (tertiary/aromatic N) is 1. The van der Waals surface area contributed by atoms with E-state index in [1.54, 1.807) is 12.1 Å². The Balaban J connectivity index is 2.13. The SMILES string of the molecule is NS(=O)(=O)c1ccc(NCCc2ccc(Cl)cc2)c([N+](=O)[O-])c1. The maximum absolute atomic E-state index is 11.3. The maximum Gasteiger partial charge on any atom is 0.293 e. The van der Waals surface area contributed by atoms with Crippen molar-refractivity contribution in [3.8, 4) is 0 Å². The van der Waals surface area contributed by atoms with E-state index in [0.717, 1.165) is 11.6 Å². The average molecular weight is 356 g/mol. The number of nitrogens with one attached hydrogen (secondary N) is 1. The zero-order valence-electron chi connectivity index (χ0n) is 11.9. The minimum atomic E-state index is -3.99. The van der Waals surface area contributed by atoms with Gasteiger partial charge in [-0.05, 0) is 36.2 Å². The lowest BCUT2D eigenvalue weighted by molar-refractivity contribution is -0.384. The molecule has 0 unspecified atom stereocenters. The fourth-order valence-electron chi connectivity index (χ4n) is 1.98. The Morgan fingerprint density at radius 1 is 1.17 bits per heavy atom. The van der Waals surface area contributed by atoms with Gasteiger partial charge in [0.1, 0.15) is 5.69 Å². The molecule has 23 heavy (non-hydrogen) atoms. The highest BCUT2D eigenvalue weighted by atomic mass is 35.5. The standard InChI is InChI=1S/C14H14ClN3O4S/c15-11-3-1-10(2-4-11)7-8-17-13-6-5-12(23(16,21)22)9-14(13)18(19)20/h1-6,9,17H,7-8H2,(H2,16,21,22). The minimum Gasteiger partial charge on any atom is -0.379 e. The molecule has 2 rings (SSSR count). The summed E-state index contributed by atoms with van der Waals surface area (Å²) >= 11 is 5.80. The monoisotopic (exact) mass is 355 g/mol. The van der Waals surface area contributed by atoms with Crippen LogP contribution in [0.4, 0.5) is 11.4 Å². The Bertz CT molecular complexity index is 822. The molecule has 122 valence electrons. The smallest absolute Gasteiger partial charge is 0.293 e. The number of nitro groups is 1. The highest BCUT2D eigenvalue weighted by Gasteiger charge is 2.18. The third-order valence-corrected chi connectivity index (χ3v) is 4.30. The van der Waals surface area contributed by atoms with Crippen LogP contribution in [-0.2, 0) is 16.4 Å². The molecule has 2 aromatic carbocycles. The Kier molecular flexibility index (Phi) is 5.19. The van der Waals surface area contributed by atoms with E-state index in [0.29, 0.717) is 18.0 Å². The van der Waals surface area contributed by atoms with Gasteiger partial charge in [-0.3, -0.25) is 10.1 Å². The molecule has 0 saturated heterocycles. The number of nitro benzene ring substituents is 1. The number of anilines is 1. The van der Waals surface area contributed by atoms with Gasteiger partial charge in [0.05, 0.1) is 9.82 Å². The molecule has 0 radical (unpaired) electrons. The van der Waals surface area contributed by atoms with E-state index in [4.69, 9.17) is 16.7 Å². The van der Waals surface area contributed by atoms with Crippen molar-refractivity contribution >= 4 is 33.0 Å². The van der Waals surface area contributed by atoms with Crippen LogP contribution in [0.1, 0.15) is 5.56 Å². The molecule has 0 bridgehead atoms. The van der Waals surface area contributed by atoms with Crippen molar-refractivity contribution < 1.29 is 13.3 Å². The Hall–Kier alpha value is -2.16. The number of hydrogen-bond acceptors (Lipinski definition) is 5. The molecule has 0 aromatic heterocycles. The van der Waals surface area contributed by atoms with Gasteiger partial charge in [0.25, 0.3) is 5.69 Å². The summed E-state index contributed by atoms with van der Waals surface area (Å²) in [6.45, 7) is 0.442. The molecule has 9 heteroatoms. The normalized spacial score (nSPS) is 11.2. The van der Waals surface area contributed by atoms with Crippen molar-refractivity contribution in [3.05, 3.63) is 63.2 Å². The third kappa shape index (κ3) is 4.65. The van der Waals surface area contributed by atoms with E-state index in [-0.39, 0.29) is 16.3 Å². The van der Waals surface area contributed by atoms with Crippen LogP contribution in [0.2, 0.25) is 5.02 Å². The molecule has 7 nitrogen and oxygen atoms in total. The Labute approximate surface area is 138 Å². The second kappa shape index (κ2) is 6.95. The molecule has 2 aromatic rings. The van der Waals surface area contributed by atoms with Crippen molar-refractivity contribution in [3.63, 3.8) is 0 Å². The summed E-state index contributed by atoms with van der Waals surface area (Å²) in [7, 11) is -3.99. The number of benzene rings is 2. The van der Waals surface area contributed by atoms with Gasteiger partial charge in [-0.15, -0.1) is 0 Å². The van der Waals surface area contributed by atoms with Crippen LogP contribution in [0.5, 0.6) is 0 Å². The largest absolute Gasteiger partial charge is 0.379 e. The van der Waals surface area contributed by atoms with Crippen LogP contribution in [0.15, 0.2) is 47.4 Å². The van der Waals surface area contributed by atoms with Crippen LogP contribution in [0, 0.1) is 10.1 Å². The van der Waals surface area contributed by atoms with E-state index >= 15 is 0 Å². The number of hydrogen-bond donors (Lipinski definition) is 2. The number of halogens is 1. The second-order valence-electron chi connectivity index (χ2n) is 4.78. The molecule has 0 heterocycles. The van der Waals surface area contributed by atoms with Crippen molar-refractivity contribution in [2.24, 2.45) is 5.14 Å². The van der Waals surface area contributed by atoms with Crippen molar-refractivity contribution in [1.29, 1.82) is 0 Å². The molecule has 0 amide bonds. The number of nitrogens with two attached hydrogens (primary N) is 1. The third-order valence-electron chi connectivity index (χ3n) is 3.14. The molecule has 0 aliphatic rings. The molecule has 0 aliphatic carbocycles. The molecule has 0 saturated carbocycles. The summed E-state index contributed by atoms with van der Waals surface area (Å²) in [6.07, 6.45) is 0.630. The number of rotatable bonds is 6. The van der Waals surface area contributed by atoms with Crippen molar-refractivity contribution in [2.75, 3.05) is 11.9 Å². The molecule has 0 aliphatic heterocycles. The second-order valence-corrected chi connectivity index (χ2v) is 6.78. The summed E-state index contributed by atoms with van der Waals surface area (Å²) in [5.74, 6) is 0. The van der Waals surface area contributed by atoms with Crippen LogP contribution < -0.4 is 10.5 Å². The first-order chi connectivity index (χ1) is 10.8. The van der Waals surface area contributed by atoms with Gasteiger partial charge >= 0.3 is 0 Å². The van der Waals surface area contributed by atoms with E-state index < -0.39 is 14.9 Å². The fourth-order valence-corrected chi connectivity index (χ4v) is 2.64. The van der Waals surface area contributed by atoms with Gasteiger partial charge in [0.2, 0.25) is 10.0 Å². The minimum absolute atomic E-state index is 0.233. The zero-order chi connectivity index (χ0) is 17.0. The van der Waals surface area contributed by atoms with E-state index in [1.807, 2.05) is 12.1 Å². The molecule has 0 atom stereocenters. The lowest BCUT2D eigenvalue weighted by Gasteiger charge is -2.08. The Morgan fingerprint density at radius 3 is 2.39 bits per heavy atom. The number of sulfonamides is 1. The maximum atomic E-state index is 11.3. The molecule has 3 N–H and O–H groups in total. The first-order valence-electron chi connectivity index (χ1n) is 6.57. The van der Waals surface area contributed by atoms with Crippen molar-refractivity contribution in [1.82, 2.24) is 0 Å². The van der Waals surface area contributed by atoms with Crippen LogP contribution in [0.25, 0.3) is 0 Å². The van der Waals surface area contributed by atoms with Gasteiger partial charge < -0.3 is 5.32 Å². The van der Waals surface area contributed by atoms with Crippen LogP contribution in [-0.4, -0.2) is 19.9 Å². The van der Waals surface area contributed by atoms with Crippen LogP contribution >= 0.6 is 11.6 Å². The van der Waals surface area contributed by atoms with Gasteiger partial charge in [0.15, 0.2) is 0 Å². The molecular weight excluding hydrogens is 342 g/mol. The predicted octanol–water partition coefficient (Wildman–Crippen LogP) is 2.55. The summed E-state index contributed by atoms with van der Waals surface area (Å²) < 4.78 is 22.5. The Morgan fingerprint density at radius 2 is 1.83 bits per heavy atom.